The van der Waals surface area contributed by atoms with Crippen LogP contribution in [0.2, 0.25) is 0 Å². The lowest BCUT2D eigenvalue weighted by molar-refractivity contribution is -0.0775. The zero-order chi connectivity index (χ0) is 23.6. The zero-order valence-electron chi connectivity index (χ0n) is 17.6. The summed E-state index contributed by atoms with van der Waals surface area (Å²) >= 11 is 0. The SMILES string of the molecule is CCN=C(N)COCC(F)(F)c1cc(NC(=O)c2ccc(C#CCOC)cn2)ccc1F. The summed E-state index contributed by atoms with van der Waals surface area (Å²) in [6.45, 7) is 0.969. The van der Waals surface area contributed by atoms with Crippen molar-refractivity contribution in [2.45, 2.75) is 12.8 Å². The van der Waals surface area contributed by atoms with Gasteiger partial charge in [0, 0.05) is 31.1 Å². The van der Waals surface area contributed by atoms with E-state index in [1.807, 2.05) is 0 Å². The number of amidine groups is 1. The molecule has 1 heterocycles. The zero-order valence-corrected chi connectivity index (χ0v) is 17.6. The van der Waals surface area contributed by atoms with E-state index in [1.165, 1.54) is 25.4 Å². The highest BCUT2D eigenvalue weighted by Gasteiger charge is 2.35. The van der Waals surface area contributed by atoms with Crippen LogP contribution in [0.1, 0.15) is 28.5 Å². The van der Waals surface area contributed by atoms with E-state index in [2.05, 4.69) is 27.1 Å². The number of nitrogens with one attached hydrogen (secondary N) is 1. The number of anilines is 1. The monoisotopic (exact) mass is 448 g/mol. The van der Waals surface area contributed by atoms with Crippen LogP contribution in [0.3, 0.4) is 0 Å². The van der Waals surface area contributed by atoms with Crippen LogP contribution in [0.25, 0.3) is 0 Å². The number of carbonyl (C=O) groups excluding carboxylic acids is 1. The molecule has 32 heavy (non-hydrogen) atoms. The minimum atomic E-state index is -3.65. The van der Waals surface area contributed by atoms with Crippen LogP contribution in [-0.2, 0) is 15.4 Å². The molecule has 10 heteroatoms. The lowest BCUT2D eigenvalue weighted by atomic mass is 10.1. The highest BCUT2D eigenvalue weighted by atomic mass is 19.3. The smallest absolute Gasteiger partial charge is 0.298 e. The van der Waals surface area contributed by atoms with Crippen LogP contribution in [0.5, 0.6) is 0 Å². The molecule has 0 radical (unpaired) electrons. The van der Waals surface area contributed by atoms with Crippen molar-refractivity contribution in [3.8, 4) is 11.8 Å². The number of aromatic nitrogens is 1. The fraction of sp³-hybridized carbons (Fsp3) is 0.318. The van der Waals surface area contributed by atoms with Crippen molar-refractivity contribution in [3.63, 3.8) is 0 Å². The third-order valence-electron chi connectivity index (χ3n) is 3.96. The van der Waals surface area contributed by atoms with Crippen molar-refractivity contribution in [2.75, 3.05) is 38.8 Å². The number of carbonyl (C=O) groups is 1. The largest absolute Gasteiger partial charge is 0.386 e. The third-order valence-corrected chi connectivity index (χ3v) is 3.96. The fourth-order valence-electron chi connectivity index (χ4n) is 2.50. The highest BCUT2D eigenvalue weighted by molar-refractivity contribution is 6.02. The Labute approximate surface area is 183 Å². The van der Waals surface area contributed by atoms with E-state index in [0.29, 0.717) is 12.1 Å². The molecule has 1 aromatic heterocycles. The van der Waals surface area contributed by atoms with Gasteiger partial charge in [-0.25, -0.2) is 9.37 Å². The van der Waals surface area contributed by atoms with Crippen LogP contribution in [0.4, 0.5) is 18.9 Å². The highest BCUT2D eigenvalue weighted by Crippen LogP contribution is 2.32. The average molecular weight is 448 g/mol. The molecule has 0 unspecified atom stereocenters. The van der Waals surface area contributed by atoms with E-state index < -0.39 is 29.8 Å². The number of rotatable bonds is 9. The van der Waals surface area contributed by atoms with E-state index in [1.54, 1.807) is 13.0 Å². The summed E-state index contributed by atoms with van der Waals surface area (Å²) in [5, 5.41) is 2.42. The molecule has 0 fully saturated rings. The summed E-state index contributed by atoms with van der Waals surface area (Å²) in [6.07, 6.45) is 1.40. The normalized spacial score (nSPS) is 11.6. The van der Waals surface area contributed by atoms with Gasteiger partial charge in [-0.2, -0.15) is 8.78 Å². The van der Waals surface area contributed by atoms with Crippen LogP contribution < -0.4 is 11.1 Å². The van der Waals surface area contributed by atoms with Crippen LogP contribution in [0.15, 0.2) is 41.5 Å². The van der Waals surface area contributed by atoms with E-state index in [-0.39, 0.29) is 30.4 Å². The van der Waals surface area contributed by atoms with E-state index in [9.17, 15) is 18.0 Å². The third kappa shape index (κ3) is 7.37. The molecule has 0 aliphatic heterocycles. The summed E-state index contributed by atoms with van der Waals surface area (Å²) in [6, 6.07) is 5.88. The number of nitrogens with zero attached hydrogens (tertiary/aromatic N) is 2. The van der Waals surface area contributed by atoms with Crippen molar-refractivity contribution in [3.05, 3.63) is 59.2 Å². The Morgan fingerprint density at radius 2 is 2.09 bits per heavy atom. The molecule has 0 saturated heterocycles. The first-order valence-electron chi connectivity index (χ1n) is 9.56. The van der Waals surface area contributed by atoms with E-state index in [0.717, 1.165) is 12.1 Å². The molecule has 2 rings (SSSR count). The molecule has 1 aromatic carbocycles. The maximum Gasteiger partial charge on any atom is 0.298 e. The molecule has 0 saturated carbocycles. The van der Waals surface area contributed by atoms with Crippen molar-refractivity contribution in [2.24, 2.45) is 10.7 Å². The Balaban J connectivity index is 2.09. The topological polar surface area (TPSA) is 98.8 Å². The number of alkyl halides is 2. The number of aliphatic imine (C=N–C) groups is 1. The van der Waals surface area contributed by atoms with Crippen LogP contribution >= 0.6 is 0 Å². The molecule has 2 aromatic rings. The molecule has 0 bridgehead atoms. The van der Waals surface area contributed by atoms with Crippen molar-refractivity contribution in [1.29, 1.82) is 0 Å². The number of halogens is 3. The molecule has 7 nitrogen and oxygen atoms in total. The second-order valence-electron chi connectivity index (χ2n) is 6.48. The van der Waals surface area contributed by atoms with Gasteiger partial charge < -0.3 is 20.5 Å². The molecule has 0 spiro atoms. The standard InChI is InChI=1S/C22H23F3N4O3/c1-3-27-20(26)13-32-14-22(24,25)17-11-16(7-8-18(17)23)29-21(30)19-9-6-15(12-28-19)5-4-10-31-2/h6-9,11-12H,3,10,13-14H2,1-2H3,(H2,26,27)(H,29,30). The first-order chi connectivity index (χ1) is 15.3. The van der Waals surface area contributed by atoms with Gasteiger partial charge in [-0.05, 0) is 37.3 Å². The van der Waals surface area contributed by atoms with Crippen LogP contribution in [0, 0.1) is 17.7 Å². The second-order valence-corrected chi connectivity index (χ2v) is 6.48. The van der Waals surface area contributed by atoms with Gasteiger partial charge in [0.25, 0.3) is 11.8 Å². The lowest BCUT2D eigenvalue weighted by Crippen LogP contribution is -2.27. The van der Waals surface area contributed by atoms with Gasteiger partial charge in [0.1, 0.15) is 37.2 Å². The van der Waals surface area contributed by atoms with Crippen LogP contribution in [-0.4, -0.2) is 50.2 Å². The van der Waals surface area contributed by atoms with Gasteiger partial charge in [-0.1, -0.05) is 11.8 Å². The van der Waals surface area contributed by atoms with Gasteiger partial charge in [-0.3, -0.25) is 9.79 Å². The van der Waals surface area contributed by atoms with Gasteiger partial charge >= 0.3 is 0 Å². The maximum atomic E-state index is 14.5. The second kappa shape index (κ2) is 11.8. The van der Waals surface area contributed by atoms with Gasteiger partial charge in [0.2, 0.25) is 0 Å². The summed E-state index contributed by atoms with van der Waals surface area (Å²) in [5.74, 6) is 0.172. The number of hydrogen-bond donors (Lipinski definition) is 2. The molecule has 0 atom stereocenters. The summed E-state index contributed by atoms with van der Waals surface area (Å²) < 4.78 is 52.7. The molecular formula is C22H23F3N4O3. The van der Waals surface area contributed by atoms with Gasteiger partial charge in [-0.15, -0.1) is 0 Å². The number of amides is 1. The molecule has 170 valence electrons. The van der Waals surface area contributed by atoms with Crippen molar-refractivity contribution in [1.82, 2.24) is 4.98 Å². The van der Waals surface area contributed by atoms with E-state index >= 15 is 0 Å². The first-order valence-corrected chi connectivity index (χ1v) is 9.56. The number of pyridine rings is 1. The molecule has 1 amide bonds. The number of hydrogen-bond acceptors (Lipinski definition) is 5. The van der Waals surface area contributed by atoms with E-state index in [4.69, 9.17) is 15.2 Å². The molecule has 0 aliphatic carbocycles. The number of benzene rings is 1. The minimum absolute atomic E-state index is 0.0242. The van der Waals surface area contributed by atoms with Gasteiger partial charge in [0.15, 0.2) is 0 Å². The predicted molar refractivity (Wildman–Crippen MR) is 114 cm³/mol. The Bertz CT molecular complexity index is 1020. The summed E-state index contributed by atoms with van der Waals surface area (Å²) in [7, 11) is 1.52. The number of methoxy groups -OCH3 is 1. The van der Waals surface area contributed by atoms with Crippen molar-refractivity contribution >= 4 is 17.4 Å². The Hall–Kier alpha value is -3.42. The predicted octanol–water partition coefficient (Wildman–Crippen LogP) is 2.96. The molecular weight excluding hydrogens is 425 g/mol. The van der Waals surface area contributed by atoms with Gasteiger partial charge in [0.05, 0.1) is 5.56 Å². The maximum absolute atomic E-state index is 14.5. The Morgan fingerprint density at radius 3 is 2.75 bits per heavy atom. The summed E-state index contributed by atoms with van der Waals surface area (Å²) in [4.78, 5) is 20.2. The molecule has 3 N–H and O–H groups in total. The average Bonchev–Trinajstić information content (AvgIpc) is 2.75. The lowest BCUT2D eigenvalue weighted by Gasteiger charge is -2.18. The quantitative estimate of drug-likeness (QED) is 0.349. The number of ether oxygens (including phenoxy) is 2. The number of nitrogens with two attached hydrogens (primary N) is 1. The first kappa shape index (κ1) is 24.8. The van der Waals surface area contributed by atoms with Crippen molar-refractivity contribution < 1.29 is 27.4 Å². The fourth-order valence-corrected chi connectivity index (χ4v) is 2.50. The Kier molecular flexibility index (Phi) is 9.19. The molecule has 0 aliphatic rings. The Morgan fingerprint density at radius 1 is 1.31 bits per heavy atom. The summed E-state index contributed by atoms with van der Waals surface area (Å²) in [5.41, 5.74) is 5.16. The minimum Gasteiger partial charge on any atom is -0.386 e.